The molecule has 92 valence electrons. The zero-order valence-electron chi connectivity index (χ0n) is 11.0. The maximum Gasteiger partial charge on any atom is 0.232 e. The molecule has 4 heteroatoms. The lowest BCUT2D eigenvalue weighted by Gasteiger charge is -2.38. The first kappa shape index (κ1) is 11.9. The molecule has 0 fully saturated rings. The van der Waals surface area contributed by atoms with Crippen molar-refractivity contribution in [3.8, 4) is 0 Å². The van der Waals surface area contributed by atoms with Gasteiger partial charge in [-0.05, 0) is 46.8 Å². The summed E-state index contributed by atoms with van der Waals surface area (Å²) in [6.45, 7) is 9.85. The molecule has 4 nitrogen and oxygen atoms in total. The third-order valence-electron chi connectivity index (χ3n) is 3.84. The van der Waals surface area contributed by atoms with E-state index in [1.165, 1.54) is 0 Å². The number of anilines is 2. The molecule has 0 bridgehead atoms. The minimum Gasteiger partial charge on any atom is -0.362 e. The van der Waals surface area contributed by atoms with Crippen molar-refractivity contribution in [2.24, 2.45) is 5.41 Å². The van der Waals surface area contributed by atoms with Crippen LogP contribution in [0.4, 0.5) is 11.5 Å². The number of hydrogen-bond acceptors (Lipinski definition) is 3. The van der Waals surface area contributed by atoms with Gasteiger partial charge >= 0.3 is 0 Å². The van der Waals surface area contributed by atoms with Gasteiger partial charge in [0.25, 0.3) is 0 Å². The van der Waals surface area contributed by atoms with E-state index in [0.29, 0.717) is 0 Å². The lowest BCUT2D eigenvalue weighted by molar-refractivity contribution is -0.126. The third kappa shape index (κ3) is 1.77. The fraction of sp³-hybridized carbons (Fsp3) is 0.538. The largest absolute Gasteiger partial charge is 0.362 e. The van der Waals surface area contributed by atoms with E-state index in [1.807, 2.05) is 46.8 Å². The summed E-state index contributed by atoms with van der Waals surface area (Å²) in [5, 5.41) is 6.30. The molecule has 2 N–H and O–H groups in total. The Morgan fingerprint density at radius 1 is 1.18 bits per heavy atom. The number of nitrogens with one attached hydrogen (secondary N) is 2. The second kappa shape index (κ2) is 3.45. The first-order valence-electron chi connectivity index (χ1n) is 5.81. The van der Waals surface area contributed by atoms with Crippen molar-refractivity contribution in [1.29, 1.82) is 0 Å². The Bertz CT molecular complexity index is 478. The smallest absolute Gasteiger partial charge is 0.232 e. The van der Waals surface area contributed by atoms with Gasteiger partial charge < -0.3 is 10.6 Å². The first-order chi connectivity index (χ1) is 7.74. The lowest BCUT2D eigenvalue weighted by Crippen LogP contribution is -2.51. The van der Waals surface area contributed by atoms with Crippen LogP contribution in [0.3, 0.4) is 0 Å². The van der Waals surface area contributed by atoms with Gasteiger partial charge in [-0.3, -0.25) is 4.79 Å². The van der Waals surface area contributed by atoms with Gasteiger partial charge in [-0.2, -0.15) is 0 Å². The Morgan fingerprint density at radius 2 is 1.82 bits per heavy atom. The van der Waals surface area contributed by atoms with Gasteiger partial charge in [0.15, 0.2) is 5.82 Å². The predicted molar refractivity (Wildman–Crippen MR) is 69.1 cm³/mol. The number of aryl methyl sites for hydroxylation is 1. The second-order valence-electron chi connectivity index (χ2n) is 5.68. The summed E-state index contributed by atoms with van der Waals surface area (Å²) in [7, 11) is 0. The Labute approximate surface area is 102 Å². The minimum atomic E-state index is -0.512. The van der Waals surface area contributed by atoms with Gasteiger partial charge in [0.2, 0.25) is 5.91 Å². The monoisotopic (exact) mass is 233 g/mol. The summed E-state index contributed by atoms with van der Waals surface area (Å²) < 4.78 is 0. The SMILES string of the molecule is Cc1ccc2c(n1)NC(C)(C)C(C)(C)C(=O)N2. The molecule has 0 atom stereocenters. The van der Waals surface area contributed by atoms with Crippen LogP contribution in [0.15, 0.2) is 12.1 Å². The second-order valence-corrected chi connectivity index (χ2v) is 5.68. The Hall–Kier alpha value is -1.58. The molecular formula is C13H19N3O. The van der Waals surface area contributed by atoms with E-state index in [-0.39, 0.29) is 11.4 Å². The van der Waals surface area contributed by atoms with Crippen molar-refractivity contribution in [2.45, 2.75) is 40.2 Å². The van der Waals surface area contributed by atoms with Crippen LogP contribution in [-0.2, 0) is 4.79 Å². The Kier molecular flexibility index (Phi) is 2.42. The average Bonchev–Trinajstić information content (AvgIpc) is 2.25. The Balaban J connectivity index is 2.55. The quantitative estimate of drug-likeness (QED) is 0.724. The highest BCUT2D eigenvalue weighted by Crippen LogP contribution is 2.39. The van der Waals surface area contributed by atoms with Crippen LogP contribution in [0.1, 0.15) is 33.4 Å². The number of rotatable bonds is 0. The molecule has 0 saturated heterocycles. The van der Waals surface area contributed by atoms with E-state index in [0.717, 1.165) is 17.2 Å². The summed E-state index contributed by atoms with van der Waals surface area (Å²) in [6.07, 6.45) is 0. The van der Waals surface area contributed by atoms with Crippen LogP contribution in [-0.4, -0.2) is 16.4 Å². The number of fused-ring (bicyclic) bond motifs is 1. The summed E-state index contributed by atoms with van der Waals surface area (Å²) in [5.74, 6) is 0.758. The zero-order valence-corrected chi connectivity index (χ0v) is 11.0. The van der Waals surface area contributed by atoms with Crippen LogP contribution in [0.2, 0.25) is 0 Å². The van der Waals surface area contributed by atoms with Crippen molar-refractivity contribution in [3.05, 3.63) is 17.8 Å². The summed E-state index contributed by atoms with van der Waals surface area (Å²) >= 11 is 0. The van der Waals surface area contributed by atoms with Crippen LogP contribution < -0.4 is 10.6 Å². The lowest BCUT2D eigenvalue weighted by atomic mass is 9.74. The molecule has 0 radical (unpaired) electrons. The molecule has 0 aliphatic carbocycles. The summed E-state index contributed by atoms with van der Waals surface area (Å²) in [6, 6.07) is 3.78. The summed E-state index contributed by atoms with van der Waals surface area (Å²) in [5.41, 5.74) is 0.810. The zero-order chi connectivity index (χ0) is 12.8. The number of hydrogen-bond donors (Lipinski definition) is 2. The highest BCUT2D eigenvalue weighted by atomic mass is 16.2. The van der Waals surface area contributed by atoms with Crippen molar-refractivity contribution < 1.29 is 4.79 Å². The maximum atomic E-state index is 12.2. The molecule has 0 spiro atoms. The van der Waals surface area contributed by atoms with E-state index >= 15 is 0 Å². The molecule has 17 heavy (non-hydrogen) atoms. The van der Waals surface area contributed by atoms with E-state index in [1.54, 1.807) is 0 Å². The molecule has 0 unspecified atom stereocenters. The molecule has 1 aromatic heterocycles. The van der Waals surface area contributed by atoms with E-state index in [9.17, 15) is 4.79 Å². The van der Waals surface area contributed by atoms with Gasteiger partial charge in [0.05, 0.1) is 11.1 Å². The number of carbonyl (C=O) groups is 1. The number of amides is 1. The van der Waals surface area contributed by atoms with Gasteiger partial charge in [-0.1, -0.05) is 0 Å². The molecule has 2 rings (SSSR count). The van der Waals surface area contributed by atoms with E-state index in [2.05, 4.69) is 15.6 Å². The third-order valence-corrected chi connectivity index (χ3v) is 3.84. The molecule has 0 saturated carbocycles. The number of nitrogens with zero attached hydrogens (tertiary/aromatic N) is 1. The average molecular weight is 233 g/mol. The normalized spacial score (nSPS) is 20.9. The highest BCUT2D eigenvalue weighted by Gasteiger charge is 2.45. The molecule has 1 aromatic rings. The maximum absolute atomic E-state index is 12.2. The van der Waals surface area contributed by atoms with Gasteiger partial charge in [0.1, 0.15) is 0 Å². The van der Waals surface area contributed by atoms with Crippen LogP contribution >= 0.6 is 0 Å². The molecule has 0 aromatic carbocycles. The van der Waals surface area contributed by atoms with Crippen molar-refractivity contribution in [2.75, 3.05) is 10.6 Å². The molecule has 2 heterocycles. The summed E-state index contributed by atoms with van der Waals surface area (Å²) in [4.78, 5) is 16.7. The van der Waals surface area contributed by atoms with E-state index < -0.39 is 5.41 Å². The van der Waals surface area contributed by atoms with Crippen LogP contribution in [0, 0.1) is 12.3 Å². The molecular weight excluding hydrogens is 214 g/mol. The fourth-order valence-corrected chi connectivity index (χ4v) is 1.77. The van der Waals surface area contributed by atoms with Gasteiger partial charge in [-0.15, -0.1) is 0 Å². The fourth-order valence-electron chi connectivity index (χ4n) is 1.77. The Morgan fingerprint density at radius 3 is 2.47 bits per heavy atom. The van der Waals surface area contributed by atoms with Gasteiger partial charge in [-0.25, -0.2) is 4.98 Å². The van der Waals surface area contributed by atoms with Crippen molar-refractivity contribution >= 4 is 17.4 Å². The van der Waals surface area contributed by atoms with Crippen molar-refractivity contribution in [1.82, 2.24) is 4.98 Å². The molecule has 1 aliphatic rings. The topological polar surface area (TPSA) is 54.0 Å². The number of aromatic nitrogens is 1. The minimum absolute atomic E-state index is 0.0133. The van der Waals surface area contributed by atoms with Crippen LogP contribution in [0.5, 0.6) is 0 Å². The van der Waals surface area contributed by atoms with Crippen LogP contribution in [0.25, 0.3) is 0 Å². The highest BCUT2D eigenvalue weighted by molar-refractivity contribution is 5.99. The number of carbonyl (C=O) groups excluding carboxylic acids is 1. The van der Waals surface area contributed by atoms with E-state index in [4.69, 9.17) is 0 Å². The molecule has 1 aliphatic heterocycles. The first-order valence-corrected chi connectivity index (χ1v) is 5.81. The van der Waals surface area contributed by atoms with Crippen molar-refractivity contribution in [3.63, 3.8) is 0 Å². The molecule has 1 amide bonds. The number of pyridine rings is 1. The standard InChI is InChI=1S/C13H19N3O/c1-8-6-7-9-10(14-8)16-13(4,5)12(2,3)11(17)15-9/h6-7H,1-5H3,(H,14,16)(H,15,17). The predicted octanol–water partition coefficient (Wildman–Crippen LogP) is 2.56. The van der Waals surface area contributed by atoms with Gasteiger partial charge in [0, 0.05) is 11.2 Å².